The molecule has 2 fully saturated rings. The molecule has 1 aliphatic carbocycles. The van der Waals surface area contributed by atoms with Crippen LogP contribution in [0.25, 0.3) is 0 Å². The van der Waals surface area contributed by atoms with Gasteiger partial charge in [-0.05, 0) is 30.9 Å². The van der Waals surface area contributed by atoms with Crippen molar-refractivity contribution in [3.63, 3.8) is 0 Å². The highest BCUT2D eigenvalue weighted by atomic mass is 16.5. The zero-order chi connectivity index (χ0) is 13.8. The molecule has 0 spiro atoms. The Bertz CT molecular complexity index is 439. The average Bonchev–Trinajstić information content (AvgIpc) is 3.32. The number of hydrogen-bond donors (Lipinski definition) is 0. The zero-order valence-electron chi connectivity index (χ0n) is 11.8. The van der Waals surface area contributed by atoms with Crippen molar-refractivity contribution >= 4 is 11.6 Å². The number of hydrogen-bond acceptors (Lipinski definition) is 3. The van der Waals surface area contributed by atoms with Gasteiger partial charge in [-0.15, -0.1) is 0 Å². The molecule has 0 N–H and O–H groups in total. The highest BCUT2D eigenvalue weighted by Gasteiger charge is 2.27. The van der Waals surface area contributed by atoms with Gasteiger partial charge in [0.05, 0.1) is 19.8 Å². The van der Waals surface area contributed by atoms with E-state index in [1.807, 2.05) is 23.1 Å². The minimum Gasteiger partial charge on any atom is -0.378 e. The lowest BCUT2D eigenvalue weighted by atomic mass is 10.2. The molecule has 0 atom stereocenters. The molecule has 0 aromatic heterocycles. The smallest absolute Gasteiger partial charge is 0.242 e. The third kappa shape index (κ3) is 3.51. The molecule has 1 amide bonds. The molecule has 4 nitrogen and oxygen atoms in total. The van der Waals surface area contributed by atoms with E-state index in [0.717, 1.165) is 31.2 Å². The van der Waals surface area contributed by atoms with Crippen molar-refractivity contribution in [2.75, 3.05) is 44.3 Å². The molecular weight excluding hydrogens is 252 g/mol. The van der Waals surface area contributed by atoms with E-state index in [4.69, 9.17) is 4.74 Å². The summed E-state index contributed by atoms with van der Waals surface area (Å²) in [6.45, 7) is 4.27. The van der Waals surface area contributed by atoms with Gasteiger partial charge in [0.25, 0.3) is 0 Å². The van der Waals surface area contributed by atoms with Crippen LogP contribution >= 0.6 is 0 Å². The fourth-order valence-corrected chi connectivity index (χ4v) is 2.59. The summed E-state index contributed by atoms with van der Waals surface area (Å²) in [4.78, 5) is 16.6. The van der Waals surface area contributed by atoms with Gasteiger partial charge in [0, 0.05) is 25.3 Å². The van der Waals surface area contributed by atoms with Crippen LogP contribution in [0.3, 0.4) is 0 Å². The minimum absolute atomic E-state index is 0.220. The van der Waals surface area contributed by atoms with Crippen molar-refractivity contribution < 1.29 is 9.53 Å². The molecule has 0 unspecified atom stereocenters. The molecule has 0 radical (unpaired) electrons. The van der Waals surface area contributed by atoms with Crippen LogP contribution in [0.5, 0.6) is 0 Å². The summed E-state index contributed by atoms with van der Waals surface area (Å²) in [5, 5.41) is 0. The Hall–Kier alpha value is -1.55. The second kappa shape index (κ2) is 6.27. The van der Waals surface area contributed by atoms with Gasteiger partial charge < -0.3 is 14.5 Å². The number of rotatable bonds is 5. The van der Waals surface area contributed by atoms with E-state index in [1.54, 1.807) is 0 Å². The predicted octanol–water partition coefficient (Wildman–Crippen LogP) is 1.76. The molecule has 1 heterocycles. The van der Waals surface area contributed by atoms with Crippen molar-refractivity contribution in [1.82, 2.24) is 4.90 Å². The van der Waals surface area contributed by atoms with E-state index in [9.17, 15) is 4.79 Å². The quantitative estimate of drug-likeness (QED) is 0.820. The maximum absolute atomic E-state index is 12.4. The fraction of sp³-hybridized carbons (Fsp3) is 0.562. The molecular formula is C16H22N2O2. The molecule has 20 heavy (non-hydrogen) atoms. The summed E-state index contributed by atoms with van der Waals surface area (Å²) >= 11 is 0. The predicted molar refractivity (Wildman–Crippen MR) is 78.8 cm³/mol. The van der Waals surface area contributed by atoms with Crippen LogP contribution in [0.1, 0.15) is 12.8 Å². The minimum atomic E-state index is 0.220. The lowest BCUT2D eigenvalue weighted by Crippen LogP contribution is -2.46. The Labute approximate surface area is 120 Å². The van der Waals surface area contributed by atoms with Crippen LogP contribution in [0, 0.1) is 5.92 Å². The lowest BCUT2D eigenvalue weighted by molar-refractivity contribution is -0.133. The maximum atomic E-state index is 12.4. The molecule has 1 aromatic rings. The third-order valence-corrected chi connectivity index (χ3v) is 3.99. The molecule has 3 rings (SSSR count). The Morgan fingerprint density at radius 1 is 1.20 bits per heavy atom. The highest BCUT2D eigenvalue weighted by molar-refractivity contribution is 5.81. The number of carbonyl (C=O) groups excluding carboxylic acids is 1. The van der Waals surface area contributed by atoms with Crippen LogP contribution < -0.4 is 4.90 Å². The molecule has 108 valence electrons. The number of benzene rings is 1. The van der Waals surface area contributed by atoms with Crippen molar-refractivity contribution in [1.29, 1.82) is 0 Å². The molecule has 1 aromatic carbocycles. The summed E-state index contributed by atoms with van der Waals surface area (Å²) in [6.07, 6.45) is 2.60. The third-order valence-electron chi connectivity index (χ3n) is 3.99. The number of anilines is 1. The van der Waals surface area contributed by atoms with E-state index in [1.165, 1.54) is 12.8 Å². The fourth-order valence-electron chi connectivity index (χ4n) is 2.59. The van der Waals surface area contributed by atoms with Crippen LogP contribution in [0.15, 0.2) is 30.3 Å². The first-order chi connectivity index (χ1) is 9.83. The molecule has 2 aliphatic rings. The first-order valence-electron chi connectivity index (χ1n) is 7.48. The van der Waals surface area contributed by atoms with Crippen molar-refractivity contribution in [2.24, 2.45) is 5.92 Å². The zero-order valence-corrected chi connectivity index (χ0v) is 11.8. The SMILES string of the molecule is O=C(CN(CC1CC1)c1ccccc1)N1CCOCC1. The van der Waals surface area contributed by atoms with E-state index >= 15 is 0 Å². The van der Waals surface area contributed by atoms with E-state index in [2.05, 4.69) is 17.0 Å². The first-order valence-corrected chi connectivity index (χ1v) is 7.48. The second-order valence-electron chi connectivity index (χ2n) is 5.65. The summed E-state index contributed by atoms with van der Waals surface area (Å²) < 4.78 is 5.31. The summed E-state index contributed by atoms with van der Waals surface area (Å²) in [5.41, 5.74) is 1.15. The van der Waals surface area contributed by atoms with Gasteiger partial charge in [-0.2, -0.15) is 0 Å². The van der Waals surface area contributed by atoms with E-state index in [-0.39, 0.29) is 5.91 Å². The van der Waals surface area contributed by atoms with Gasteiger partial charge in [0.15, 0.2) is 0 Å². The Morgan fingerprint density at radius 3 is 2.55 bits per heavy atom. The average molecular weight is 274 g/mol. The van der Waals surface area contributed by atoms with E-state index < -0.39 is 0 Å². The lowest BCUT2D eigenvalue weighted by Gasteiger charge is -2.31. The molecule has 1 aliphatic heterocycles. The van der Waals surface area contributed by atoms with E-state index in [0.29, 0.717) is 19.8 Å². The number of amides is 1. The number of para-hydroxylation sites is 1. The van der Waals surface area contributed by atoms with Crippen LogP contribution in [-0.4, -0.2) is 50.2 Å². The summed E-state index contributed by atoms with van der Waals surface area (Å²) in [7, 11) is 0. The number of morpholine rings is 1. The Balaban J connectivity index is 1.64. The normalized spacial score (nSPS) is 18.9. The topological polar surface area (TPSA) is 32.8 Å². The highest BCUT2D eigenvalue weighted by Crippen LogP contribution is 2.31. The summed E-state index contributed by atoms with van der Waals surface area (Å²) in [6, 6.07) is 10.3. The van der Waals surface area contributed by atoms with Crippen LogP contribution in [0.2, 0.25) is 0 Å². The van der Waals surface area contributed by atoms with Gasteiger partial charge in [-0.25, -0.2) is 0 Å². The Morgan fingerprint density at radius 2 is 1.90 bits per heavy atom. The van der Waals surface area contributed by atoms with Crippen molar-refractivity contribution in [2.45, 2.75) is 12.8 Å². The maximum Gasteiger partial charge on any atom is 0.242 e. The van der Waals surface area contributed by atoms with Gasteiger partial charge in [-0.3, -0.25) is 4.79 Å². The van der Waals surface area contributed by atoms with Crippen molar-refractivity contribution in [3.05, 3.63) is 30.3 Å². The standard InChI is InChI=1S/C16H22N2O2/c19-16(17-8-10-20-11-9-17)13-18(12-14-6-7-14)15-4-2-1-3-5-15/h1-5,14H,6-13H2. The van der Waals surface area contributed by atoms with Crippen LogP contribution in [-0.2, 0) is 9.53 Å². The Kier molecular flexibility index (Phi) is 4.21. The molecule has 1 saturated heterocycles. The van der Waals surface area contributed by atoms with Gasteiger partial charge in [0.1, 0.15) is 0 Å². The summed E-state index contributed by atoms with van der Waals surface area (Å²) in [5.74, 6) is 0.991. The van der Waals surface area contributed by atoms with Gasteiger partial charge in [-0.1, -0.05) is 18.2 Å². The number of carbonyl (C=O) groups is 1. The van der Waals surface area contributed by atoms with Gasteiger partial charge in [0.2, 0.25) is 5.91 Å². The largest absolute Gasteiger partial charge is 0.378 e. The molecule has 1 saturated carbocycles. The first kappa shape index (κ1) is 13.4. The van der Waals surface area contributed by atoms with Crippen molar-refractivity contribution in [3.8, 4) is 0 Å². The second-order valence-corrected chi connectivity index (χ2v) is 5.65. The number of nitrogens with zero attached hydrogens (tertiary/aromatic N) is 2. The van der Waals surface area contributed by atoms with Crippen LogP contribution in [0.4, 0.5) is 5.69 Å². The van der Waals surface area contributed by atoms with Gasteiger partial charge >= 0.3 is 0 Å². The monoisotopic (exact) mass is 274 g/mol. The molecule has 0 bridgehead atoms. The molecule has 4 heteroatoms. The number of ether oxygens (including phenoxy) is 1.